The number of benzene rings is 8. The number of hydrogen-bond donors (Lipinski definition) is 0. The van der Waals surface area contributed by atoms with E-state index >= 15 is 0 Å². The van der Waals surface area contributed by atoms with Gasteiger partial charge in [-0.25, -0.2) is 0 Å². The highest BCUT2D eigenvalue weighted by Gasteiger charge is 2.22. The highest BCUT2D eigenvalue weighted by Crippen LogP contribution is 2.47. The van der Waals surface area contributed by atoms with Gasteiger partial charge in [0, 0.05) is 53.4 Å². The minimum Gasteiger partial charge on any atom is -0.309 e. The van der Waals surface area contributed by atoms with Crippen LogP contribution in [0.5, 0.6) is 0 Å². The van der Waals surface area contributed by atoms with E-state index in [1.165, 1.54) is 69.9 Å². The predicted molar refractivity (Wildman–Crippen MR) is 219 cm³/mol. The highest BCUT2D eigenvalue weighted by molar-refractivity contribution is 7.26. The number of thiophene rings is 1. The quantitative estimate of drug-likeness (QED) is 0.171. The fourth-order valence-electron chi connectivity index (χ4n) is 7.77. The minimum absolute atomic E-state index is 1.11. The van der Waals surface area contributed by atoms with E-state index in [4.69, 9.17) is 0 Å². The summed E-state index contributed by atoms with van der Waals surface area (Å²) < 4.78 is 5.00. The van der Waals surface area contributed by atoms with E-state index in [1.807, 2.05) is 11.3 Å². The maximum atomic E-state index is 2.45. The van der Waals surface area contributed by atoms with Gasteiger partial charge < -0.3 is 9.47 Å². The minimum atomic E-state index is 1.11. The van der Waals surface area contributed by atoms with Crippen LogP contribution >= 0.6 is 11.3 Å². The molecule has 51 heavy (non-hydrogen) atoms. The van der Waals surface area contributed by atoms with E-state index in [0.717, 1.165) is 17.1 Å². The molecule has 0 aliphatic rings. The second-order valence-corrected chi connectivity index (χ2v) is 14.0. The average Bonchev–Trinajstić information content (AvgIpc) is 3.76. The zero-order valence-electron chi connectivity index (χ0n) is 27.8. The van der Waals surface area contributed by atoms with Crippen LogP contribution < -0.4 is 4.90 Å². The van der Waals surface area contributed by atoms with Crippen molar-refractivity contribution in [3.8, 4) is 27.9 Å². The van der Waals surface area contributed by atoms with E-state index in [0.29, 0.717) is 0 Å². The Morgan fingerprint density at radius 2 is 0.980 bits per heavy atom. The first-order chi connectivity index (χ1) is 25.3. The molecule has 0 aliphatic heterocycles. The summed E-state index contributed by atoms with van der Waals surface area (Å²) >= 11 is 1.86. The summed E-state index contributed by atoms with van der Waals surface area (Å²) in [6.07, 6.45) is 0. The van der Waals surface area contributed by atoms with Gasteiger partial charge in [-0.15, -0.1) is 11.3 Å². The number of aromatic nitrogens is 1. The molecule has 0 spiro atoms. The normalized spacial score (nSPS) is 11.5. The monoisotopic (exact) mass is 668 g/mol. The third-order valence-corrected chi connectivity index (χ3v) is 11.1. The Morgan fingerprint density at radius 3 is 1.82 bits per heavy atom. The fraction of sp³-hybridized carbons (Fsp3) is 0. The molecule has 0 bridgehead atoms. The van der Waals surface area contributed by atoms with Crippen LogP contribution in [0.2, 0.25) is 0 Å². The molecule has 0 N–H and O–H groups in total. The van der Waals surface area contributed by atoms with Gasteiger partial charge in [-0.2, -0.15) is 0 Å². The molecule has 10 aromatic rings. The molecule has 0 aliphatic carbocycles. The van der Waals surface area contributed by atoms with Crippen LogP contribution in [0.1, 0.15) is 0 Å². The molecule has 0 radical (unpaired) electrons. The Hall–Kier alpha value is -6.42. The molecule has 2 heterocycles. The Labute approximate surface area is 300 Å². The van der Waals surface area contributed by atoms with Gasteiger partial charge in [-0.1, -0.05) is 140 Å². The zero-order valence-corrected chi connectivity index (χ0v) is 28.6. The highest BCUT2D eigenvalue weighted by atomic mass is 32.1. The van der Waals surface area contributed by atoms with Crippen LogP contribution in [0, 0.1) is 0 Å². The van der Waals surface area contributed by atoms with Gasteiger partial charge in [0.1, 0.15) is 0 Å². The van der Waals surface area contributed by atoms with Crippen LogP contribution in [0.3, 0.4) is 0 Å². The lowest BCUT2D eigenvalue weighted by molar-refractivity contribution is 1.18. The molecule has 0 amide bonds. The van der Waals surface area contributed by atoms with Crippen molar-refractivity contribution < 1.29 is 0 Å². The average molecular weight is 669 g/mol. The molecular weight excluding hydrogens is 637 g/mol. The second kappa shape index (κ2) is 12.2. The first-order valence-corrected chi connectivity index (χ1v) is 18.2. The molecule has 0 atom stereocenters. The van der Waals surface area contributed by atoms with Crippen molar-refractivity contribution in [2.75, 3.05) is 4.90 Å². The van der Waals surface area contributed by atoms with Gasteiger partial charge in [0.05, 0.1) is 22.4 Å². The number of hydrogen-bond acceptors (Lipinski definition) is 2. The van der Waals surface area contributed by atoms with Gasteiger partial charge in [0.15, 0.2) is 0 Å². The van der Waals surface area contributed by atoms with Gasteiger partial charge in [-0.05, 0) is 65.7 Å². The van der Waals surface area contributed by atoms with Crippen molar-refractivity contribution in [2.24, 2.45) is 0 Å². The molecule has 3 heteroatoms. The molecule has 10 rings (SSSR count). The van der Waals surface area contributed by atoms with Gasteiger partial charge >= 0.3 is 0 Å². The molecule has 240 valence electrons. The van der Waals surface area contributed by atoms with Crippen molar-refractivity contribution >= 4 is 70.4 Å². The van der Waals surface area contributed by atoms with E-state index in [9.17, 15) is 0 Å². The second-order valence-electron chi connectivity index (χ2n) is 12.9. The maximum Gasteiger partial charge on any atom is 0.0619 e. The summed E-state index contributed by atoms with van der Waals surface area (Å²) in [6.45, 7) is 0. The van der Waals surface area contributed by atoms with E-state index < -0.39 is 0 Å². The maximum absolute atomic E-state index is 2.45. The van der Waals surface area contributed by atoms with Crippen molar-refractivity contribution in [2.45, 2.75) is 0 Å². The third-order valence-electron chi connectivity index (χ3n) is 10.00. The molecular formula is C48H32N2S. The Bertz CT molecular complexity index is 2850. The SMILES string of the molecule is c1ccc(-c2ccccc2N(c2ccc(-c3cccc4c5ccccc5n(-c5ccccc5)c34)cc2)c2cccc3sc4ccccc4c23)cc1. The van der Waals surface area contributed by atoms with Crippen LogP contribution in [0.25, 0.3) is 69.9 Å². The first kappa shape index (κ1) is 29.5. The lowest BCUT2D eigenvalue weighted by Crippen LogP contribution is -2.11. The topological polar surface area (TPSA) is 8.17 Å². The predicted octanol–water partition coefficient (Wildman–Crippen LogP) is 14.0. The molecule has 0 saturated heterocycles. The van der Waals surface area contributed by atoms with Gasteiger partial charge in [0.25, 0.3) is 0 Å². The van der Waals surface area contributed by atoms with E-state index in [-0.39, 0.29) is 0 Å². The fourth-order valence-corrected chi connectivity index (χ4v) is 8.89. The molecule has 2 aromatic heterocycles. The van der Waals surface area contributed by atoms with Crippen molar-refractivity contribution in [1.29, 1.82) is 0 Å². The molecule has 8 aromatic carbocycles. The lowest BCUT2D eigenvalue weighted by atomic mass is 9.99. The van der Waals surface area contributed by atoms with Crippen LogP contribution in [-0.4, -0.2) is 4.57 Å². The van der Waals surface area contributed by atoms with Gasteiger partial charge in [-0.3, -0.25) is 0 Å². The van der Waals surface area contributed by atoms with Crippen LogP contribution in [0.4, 0.5) is 17.1 Å². The summed E-state index contributed by atoms with van der Waals surface area (Å²) in [6, 6.07) is 70.3. The third kappa shape index (κ3) is 4.85. The summed E-state index contributed by atoms with van der Waals surface area (Å²) in [4.78, 5) is 2.45. The lowest BCUT2D eigenvalue weighted by Gasteiger charge is -2.29. The number of para-hydroxylation sites is 4. The van der Waals surface area contributed by atoms with Crippen molar-refractivity contribution in [3.05, 3.63) is 194 Å². The van der Waals surface area contributed by atoms with Gasteiger partial charge in [0.2, 0.25) is 0 Å². The smallest absolute Gasteiger partial charge is 0.0619 e. The van der Waals surface area contributed by atoms with Crippen molar-refractivity contribution in [1.82, 2.24) is 4.57 Å². The van der Waals surface area contributed by atoms with Crippen LogP contribution in [0.15, 0.2) is 194 Å². The molecule has 0 saturated carbocycles. The van der Waals surface area contributed by atoms with E-state index in [1.54, 1.807) is 0 Å². The summed E-state index contributed by atoms with van der Waals surface area (Å²) in [7, 11) is 0. The summed E-state index contributed by atoms with van der Waals surface area (Å²) in [5.41, 5.74) is 11.8. The Morgan fingerprint density at radius 1 is 0.392 bits per heavy atom. The standard InChI is InChI=1S/C48H32N2S/c1-3-15-33(16-4-1)37-19-7-10-24-42(37)49(44-26-14-28-46-47(44)41-21-9-12-27-45(41)51-46)36-31-29-34(30-32-36)38-22-13-23-40-39-20-8-11-25-43(39)50(48(38)40)35-17-5-2-6-18-35/h1-32H. The molecule has 0 unspecified atom stereocenters. The summed E-state index contributed by atoms with van der Waals surface area (Å²) in [5.74, 6) is 0. The number of nitrogens with zero attached hydrogens (tertiary/aromatic N) is 2. The molecule has 0 fully saturated rings. The Kier molecular flexibility index (Phi) is 7.04. The first-order valence-electron chi connectivity index (χ1n) is 17.4. The van der Waals surface area contributed by atoms with Crippen molar-refractivity contribution in [3.63, 3.8) is 0 Å². The largest absolute Gasteiger partial charge is 0.309 e. The number of rotatable bonds is 6. The molecule has 2 nitrogen and oxygen atoms in total. The summed E-state index contributed by atoms with van der Waals surface area (Å²) in [5, 5.41) is 5.08. The zero-order chi connectivity index (χ0) is 33.7. The Balaban J connectivity index is 1.20. The van der Waals surface area contributed by atoms with Crippen LogP contribution in [-0.2, 0) is 0 Å². The number of fused-ring (bicyclic) bond motifs is 6. The number of anilines is 3. The van der Waals surface area contributed by atoms with E-state index in [2.05, 4.69) is 204 Å².